The molecule has 0 amide bonds. The van der Waals surface area contributed by atoms with Crippen molar-refractivity contribution in [1.29, 1.82) is 0 Å². The summed E-state index contributed by atoms with van der Waals surface area (Å²) in [7, 11) is 0. The highest BCUT2D eigenvalue weighted by Crippen LogP contribution is 2.03. The van der Waals surface area contributed by atoms with Crippen LogP contribution < -0.4 is 0 Å². The normalized spacial score (nSPS) is 13.9. The molecular formula is C24H38O14. The molecule has 38 heavy (non-hydrogen) atoms. The van der Waals surface area contributed by atoms with Crippen molar-refractivity contribution in [3.05, 3.63) is 25.3 Å². The number of carbonyl (C=O) groups excluding carboxylic acids is 4. The fourth-order valence-corrected chi connectivity index (χ4v) is 2.40. The summed E-state index contributed by atoms with van der Waals surface area (Å²) < 4.78 is 29.2. The van der Waals surface area contributed by atoms with Gasteiger partial charge in [-0.1, -0.05) is 13.2 Å². The van der Waals surface area contributed by atoms with Crippen LogP contribution in [-0.4, -0.2) is 122 Å². The summed E-state index contributed by atoms with van der Waals surface area (Å²) in [5, 5.41) is 39.1. The fraction of sp³-hybridized carbons (Fsp3) is 0.667. The molecule has 0 saturated carbocycles. The zero-order chi connectivity index (χ0) is 28.8. The second-order valence-electron chi connectivity index (χ2n) is 7.76. The van der Waals surface area contributed by atoms with E-state index in [2.05, 4.69) is 22.6 Å². The summed E-state index contributed by atoms with van der Waals surface area (Å²) in [5.74, 6) is -3.80. The highest BCUT2D eigenvalue weighted by atomic mass is 16.6. The maximum atomic E-state index is 11.8. The minimum Gasteiger partial charge on any atom is -0.463 e. The van der Waals surface area contributed by atoms with Gasteiger partial charge in [-0.25, -0.2) is 19.2 Å². The van der Waals surface area contributed by atoms with Crippen molar-refractivity contribution in [3.8, 4) is 0 Å². The van der Waals surface area contributed by atoms with E-state index >= 15 is 0 Å². The second-order valence-corrected chi connectivity index (χ2v) is 7.76. The molecule has 4 unspecified atom stereocenters. The molecule has 4 atom stereocenters. The van der Waals surface area contributed by atoms with Crippen molar-refractivity contribution in [3.63, 3.8) is 0 Å². The van der Waals surface area contributed by atoms with E-state index in [1.54, 1.807) is 0 Å². The molecule has 4 N–H and O–H groups in total. The van der Waals surface area contributed by atoms with Gasteiger partial charge in [-0.3, -0.25) is 0 Å². The Kier molecular flexibility index (Phi) is 20.5. The number of hydrogen-bond donors (Lipinski definition) is 4. The van der Waals surface area contributed by atoms with Gasteiger partial charge in [0, 0.05) is 25.4 Å². The van der Waals surface area contributed by atoms with Crippen molar-refractivity contribution in [2.75, 3.05) is 52.9 Å². The Morgan fingerprint density at radius 2 is 0.895 bits per heavy atom. The van der Waals surface area contributed by atoms with Crippen LogP contribution in [0.2, 0.25) is 0 Å². The standard InChI is InChI=1S/C24H38O14/c1-3-19(27)35-11-7-5-9-33-13-17(25)15-37-23(31)21(29)22(30)24(32)38-16-18(26)14-34-10-6-8-12-36-20(28)4-2/h3-4,17-18,21-22,25-26,29-30H,1-2,5-16H2. The lowest BCUT2D eigenvalue weighted by Gasteiger charge is -2.18. The van der Waals surface area contributed by atoms with E-state index in [0.29, 0.717) is 25.7 Å². The van der Waals surface area contributed by atoms with E-state index in [1.165, 1.54) is 0 Å². The van der Waals surface area contributed by atoms with Gasteiger partial charge in [-0.15, -0.1) is 0 Å². The van der Waals surface area contributed by atoms with Gasteiger partial charge < -0.3 is 48.8 Å². The summed E-state index contributed by atoms with van der Waals surface area (Å²) in [4.78, 5) is 45.4. The smallest absolute Gasteiger partial charge is 0.338 e. The molecule has 0 aromatic heterocycles. The van der Waals surface area contributed by atoms with Crippen LogP contribution in [0.25, 0.3) is 0 Å². The van der Waals surface area contributed by atoms with Gasteiger partial charge in [-0.05, 0) is 25.7 Å². The number of aliphatic hydroxyl groups excluding tert-OH is 4. The van der Waals surface area contributed by atoms with Gasteiger partial charge >= 0.3 is 23.9 Å². The summed E-state index contributed by atoms with van der Waals surface area (Å²) in [5.41, 5.74) is 0. The molecule has 0 aliphatic heterocycles. The molecular weight excluding hydrogens is 512 g/mol. The van der Waals surface area contributed by atoms with Crippen molar-refractivity contribution in [1.82, 2.24) is 0 Å². The predicted octanol–water partition coefficient (Wildman–Crippen LogP) is -1.43. The van der Waals surface area contributed by atoms with Gasteiger partial charge in [0.15, 0.2) is 12.2 Å². The summed E-state index contributed by atoms with van der Waals surface area (Å²) >= 11 is 0. The molecule has 0 aromatic rings. The molecule has 0 saturated heterocycles. The molecule has 14 nitrogen and oxygen atoms in total. The van der Waals surface area contributed by atoms with Crippen LogP contribution >= 0.6 is 0 Å². The number of carbonyl (C=O) groups is 4. The summed E-state index contributed by atoms with van der Waals surface area (Å²) in [6, 6.07) is 0. The average molecular weight is 551 g/mol. The number of aliphatic hydroxyl groups is 4. The molecule has 0 spiro atoms. The van der Waals surface area contributed by atoms with Crippen molar-refractivity contribution < 1.29 is 68.0 Å². The Balaban J connectivity index is 3.95. The number of ether oxygens (including phenoxy) is 6. The molecule has 0 bridgehead atoms. The van der Waals surface area contributed by atoms with Gasteiger partial charge in [-0.2, -0.15) is 0 Å². The van der Waals surface area contributed by atoms with Crippen molar-refractivity contribution in [2.45, 2.75) is 50.1 Å². The fourth-order valence-electron chi connectivity index (χ4n) is 2.40. The molecule has 0 rings (SSSR count). The third-order valence-electron chi connectivity index (χ3n) is 4.43. The third kappa shape index (κ3) is 18.4. The quantitative estimate of drug-likeness (QED) is 0.0498. The van der Waals surface area contributed by atoms with Gasteiger partial charge in [0.2, 0.25) is 0 Å². The molecule has 0 radical (unpaired) electrons. The van der Waals surface area contributed by atoms with Crippen LogP contribution in [0.5, 0.6) is 0 Å². The van der Waals surface area contributed by atoms with Crippen LogP contribution in [0.15, 0.2) is 25.3 Å². The zero-order valence-electron chi connectivity index (χ0n) is 21.2. The maximum Gasteiger partial charge on any atom is 0.338 e. The molecule has 0 aliphatic rings. The first-order chi connectivity index (χ1) is 18.1. The maximum absolute atomic E-state index is 11.8. The first-order valence-corrected chi connectivity index (χ1v) is 11.9. The number of esters is 4. The highest BCUT2D eigenvalue weighted by molar-refractivity contribution is 5.85. The van der Waals surface area contributed by atoms with Crippen LogP contribution in [0.4, 0.5) is 0 Å². The molecule has 218 valence electrons. The average Bonchev–Trinajstić information content (AvgIpc) is 2.92. The Labute approximate surface area is 220 Å². The Morgan fingerprint density at radius 3 is 1.24 bits per heavy atom. The minimum atomic E-state index is -2.28. The predicted molar refractivity (Wildman–Crippen MR) is 128 cm³/mol. The first kappa shape index (κ1) is 35.1. The van der Waals surface area contributed by atoms with Gasteiger partial charge in [0.1, 0.15) is 25.4 Å². The number of rotatable bonds is 23. The largest absolute Gasteiger partial charge is 0.463 e. The number of unbranched alkanes of at least 4 members (excludes halogenated alkanes) is 2. The van der Waals surface area contributed by atoms with Crippen molar-refractivity contribution in [2.24, 2.45) is 0 Å². The van der Waals surface area contributed by atoms with E-state index in [9.17, 15) is 39.6 Å². The van der Waals surface area contributed by atoms with Crippen molar-refractivity contribution >= 4 is 23.9 Å². The molecule has 0 fully saturated rings. The van der Waals surface area contributed by atoms with E-state index in [1.807, 2.05) is 0 Å². The molecule has 14 heteroatoms. The van der Waals surface area contributed by atoms with E-state index < -0.39 is 61.5 Å². The lowest BCUT2D eigenvalue weighted by molar-refractivity contribution is -0.176. The Bertz CT molecular complexity index is 665. The SMILES string of the molecule is C=CC(=O)OCCCCOCC(O)COC(=O)C(O)C(O)C(=O)OCC(O)COCCCCOC(=O)C=C. The lowest BCUT2D eigenvalue weighted by Crippen LogP contribution is -2.43. The Hall–Kier alpha value is -2.88. The van der Waals surface area contributed by atoms with Crippen LogP contribution in [0, 0.1) is 0 Å². The van der Waals surface area contributed by atoms with E-state index in [4.69, 9.17) is 18.9 Å². The minimum absolute atomic E-state index is 0.191. The van der Waals surface area contributed by atoms with Crippen LogP contribution in [0.1, 0.15) is 25.7 Å². The van der Waals surface area contributed by atoms with Gasteiger partial charge in [0.25, 0.3) is 0 Å². The molecule has 0 aliphatic carbocycles. The second kappa shape index (κ2) is 22.1. The summed E-state index contributed by atoms with van der Waals surface area (Å²) in [6.45, 7) is 5.89. The highest BCUT2D eigenvalue weighted by Gasteiger charge is 2.33. The monoisotopic (exact) mass is 550 g/mol. The third-order valence-corrected chi connectivity index (χ3v) is 4.43. The molecule has 0 aromatic carbocycles. The molecule has 0 heterocycles. The zero-order valence-corrected chi connectivity index (χ0v) is 21.2. The lowest BCUT2D eigenvalue weighted by atomic mass is 10.2. The Morgan fingerprint density at radius 1 is 0.553 bits per heavy atom. The first-order valence-electron chi connectivity index (χ1n) is 11.9. The van der Waals surface area contributed by atoms with E-state index in [0.717, 1.165) is 12.2 Å². The van der Waals surface area contributed by atoms with Crippen LogP contribution in [-0.2, 0) is 47.6 Å². The number of hydrogen-bond acceptors (Lipinski definition) is 14. The topological polar surface area (TPSA) is 205 Å². The van der Waals surface area contributed by atoms with Crippen LogP contribution in [0.3, 0.4) is 0 Å². The van der Waals surface area contributed by atoms with E-state index in [-0.39, 0.29) is 39.6 Å². The summed E-state index contributed by atoms with van der Waals surface area (Å²) in [6.07, 6.45) is -2.77. The van der Waals surface area contributed by atoms with Gasteiger partial charge in [0.05, 0.1) is 26.4 Å².